The molecule has 1 aromatic rings. The van der Waals surface area contributed by atoms with Crippen LogP contribution in [0.15, 0.2) is 22.7 Å². The van der Waals surface area contributed by atoms with Crippen LogP contribution in [0.3, 0.4) is 0 Å². The number of benzene rings is 1. The van der Waals surface area contributed by atoms with Crippen LogP contribution in [0.1, 0.15) is 58.6 Å². The molecule has 2 bridgehead atoms. The molecule has 0 amide bonds. The van der Waals surface area contributed by atoms with Gasteiger partial charge in [-0.3, -0.25) is 0 Å². The summed E-state index contributed by atoms with van der Waals surface area (Å²) in [7, 11) is 0. The van der Waals surface area contributed by atoms with E-state index in [1.807, 2.05) is 6.92 Å². The second-order valence-electron chi connectivity index (χ2n) is 7.70. The Bertz CT molecular complexity index is 554. The smallest absolute Gasteiger partial charge is 0.133 e. The van der Waals surface area contributed by atoms with Crippen molar-refractivity contribution in [1.29, 1.82) is 0 Å². The van der Waals surface area contributed by atoms with Gasteiger partial charge in [-0.1, -0.05) is 26.8 Å². The van der Waals surface area contributed by atoms with Crippen molar-refractivity contribution in [3.05, 3.63) is 28.2 Å². The summed E-state index contributed by atoms with van der Waals surface area (Å²) in [4.78, 5) is 0. The second kappa shape index (κ2) is 4.99. The molecule has 2 saturated carbocycles. The Hall–Kier alpha value is -0.540. The largest absolute Gasteiger partial charge is 0.489 e. The number of fused-ring (bicyclic) bond motifs is 2. The molecule has 116 valence electrons. The number of rotatable bonds is 3. The highest BCUT2D eigenvalue weighted by Gasteiger charge is 2.62. The van der Waals surface area contributed by atoms with Gasteiger partial charge in [0.15, 0.2) is 0 Å². The Labute approximate surface area is 136 Å². The van der Waals surface area contributed by atoms with Gasteiger partial charge in [0.2, 0.25) is 0 Å². The van der Waals surface area contributed by atoms with E-state index in [9.17, 15) is 0 Å². The van der Waals surface area contributed by atoms with Crippen LogP contribution in [0.25, 0.3) is 0 Å². The molecule has 0 radical (unpaired) electrons. The molecule has 2 N–H and O–H groups in total. The zero-order valence-electron chi connectivity index (χ0n) is 13.4. The Morgan fingerprint density at radius 3 is 2.52 bits per heavy atom. The summed E-state index contributed by atoms with van der Waals surface area (Å²) in [5, 5.41) is 0. The van der Waals surface area contributed by atoms with Crippen LogP contribution in [0.5, 0.6) is 5.75 Å². The van der Waals surface area contributed by atoms with Crippen molar-refractivity contribution in [2.45, 2.75) is 59.1 Å². The molecule has 0 aromatic heterocycles. The minimum absolute atomic E-state index is 0.0503. The van der Waals surface area contributed by atoms with Crippen molar-refractivity contribution < 1.29 is 4.74 Å². The van der Waals surface area contributed by atoms with Gasteiger partial charge in [0, 0.05) is 11.5 Å². The maximum absolute atomic E-state index is 6.43. The van der Waals surface area contributed by atoms with E-state index in [0.717, 1.165) is 21.7 Å². The van der Waals surface area contributed by atoms with E-state index in [0.29, 0.717) is 11.5 Å². The quantitative estimate of drug-likeness (QED) is 0.825. The Balaban J connectivity index is 1.83. The average Bonchev–Trinajstić information content (AvgIpc) is 2.74. The first kappa shape index (κ1) is 15.4. The number of nitrogens with two attached hydrogens (primary N) is 1. The van der Waals surface area contributed by atoms with E-state index < -0.39 is 0 Å². The van der Waals surface area contributed by atoms with Gasteiger partial charge in [-0.05, 0) is 71.1 Å². The number of hydrogen-bond acceptors (Lipinski definition) is 2. The molecule has 21 heavy (non-hydrogen) atoms. The summed E-state index contributed by atoms with van der Waals surface area (Å²) in [5.74, 6) is 1.75. The zero-order valence-corrected chi connectivity index (χ0v) is 15.0. The maximum Gasteiger partial charge on any atom is 0.133 e. The van der Waals surface area contributed by atoms with E-state index in [-0.39, 0.29) is 11.5 Å². The van der Waals surface area contributed by atoms with Crippen molar-refractivity contribution in [3.8, 4) is 5.75 Å². The van der Waals surface area contributed by atoms with Gasteiger partial charge in [0.05, 0.1) is 4.47 Å². The molecular formula is C18H26BrNO. The molecule has 3 heteroatoms. The lowest BCUT2D eigenvalue weighted by atomic mass is 9.70. The minimum Gasteiger partial charge on any atom is -0.489 e. The van der Waals surface area contributed by atoms with Gasteiger partial charge in [0.25, 0.3) is 0 Å². The van der Waals surface area contributed by atoms with Crippen molar-refractivity contribution in [3.63, 3.8) is 0 Å². The van der Waals surface area contributed by atoms with Gasteiger partial charge >= 0.3 is 0 Å². The monoisotopic (exact) mass is 351 g/mol. The summed E-state index contributed by atoms with van der Waals surface area (Å²) in [6, 6.07) is 6.27. The molecule has 2 nitrogen and oxygen atoms in total. The Kier molecular flexibility index (Phi) is 3.65. The molecule has 3 rings (SSSR count). The molecular weight excluding hydrogens is 326 g/mol. The fourth-order valence-electron chi connectivity index (χ4n) is 4.36. The topological polar surface area (TPSA) is 35.2 Å². The minimum atomic E-state index is 0.0503. The zero-order chi connectivity index (χ0) is 15.4. The first-order chi connectivity index (χ1) is 9.75. The summed E-state index contributed by atoms with van der Waals surface area (Å²) < 4.78 is 7.44. The van der Waals surface area contributed by atoms with E-state index in [1.54, 1.807) is 0 Å². The third kappa shape index (κ3) is 2.24. The SMILES string of the molecule is C[C@H](N)c1ccc(OC2CC3CCC2(C)C3(C)C)c(Br)c1. The van der Waals surface area contributed by atoms with Crippen molar-refractivity contribution in [2.24, 2.45) is 22.5 Å². The summed E-state index contributed by atoms with van der Waals surface area (Å²) in [5.41, 5.74) is 7.75. The van der Waals surface area contributed by atoms with E-state index in [2.05, 4.69) is 54.9 Å². The molecule has 0 heterocycles. The summed E-state index contributed by atoms with van der Waals surface area (Å²) in [6.45, 7) is 9.25. The van der Waals surface area contributed by atoms with Crippen LogP contribution in [-0.4, -0.2) is 6.10 Å². The molecule has 0 aliphatic heterocycles. The van der Waals surface area contributed by atoms with Gasteiger partial charge in [-0.25, -0.2) is 0 Å². The third-order valence-corrected chi connectivity index (χ3v) is 7.08. The molecule has 0 saturated heterocycles. The number of hydrogen-bond donors (Lipinski definition) is 1. The molecule has 2 fully saturated rings. The van der Waals surface area contributed by atoms with Crippen molar-refractivity contribution >= 4 is 15.9 Å². The normalized spacial score (nSPS) is 35.0. The molecule has 3 unspecified atom stereocenters. The summed E-state index contributed by atoms with van der Waals surface area (Å²) in [6.07, 6.45) is 4.15. The fraction of sp³-hybridized carbons (Fsp3) is 0.667. The average molecular weight is 352 g/mol. The first-order valence-corrected chi connectivity index (χ1v) is 8.76. The van der Waals surface area contributed by atoms with Crippen molar-refractivity contribution in [1.82, 2.24) is 0 Å². The number of ether oxygens (including phenoxy) is 1. The lowest BCUT2D eigenvalue weighted by molar-refractivity contribution is 0.0297. The first-order valence-electron chi connectivity index (χ1n) is 7.97. The molecule has 4 atom stereocenters. The van der Waals surface area contributed by atoms with Crippen LogP contribution < -0.4 is 10.5 Å². The van der Waals surface area contributed by atoms with E-state index in [4.69, 9.17) is 10.5 Å². The standard InChI is InChI=1S/C18H26BrNO/c1-11(20)12-5-6-15(14(19)9-12)21-16-10-13-7-8-18(16,4)17(13,2)3/h5-6,9,11,13,16H,7-8,10,20H2,1-4H3/t11-,13?,16?,18?/m0/s1. The van der Waals surface area contributed by atoms with Gasteiger partial charge in [-0.2, -0.15) is 0 Å². The van der Waals surface area contributed by atoms with E-state index >= 15 is 0 Å². The van der Waals surface area contributed by atoms with Crippen LogP contribution in [0.2, 0.25) is 0 Å². The lowest BCUT2D eigenvalue weighted by Crippen LogP contribution is -2.38. The van der Waals surface area contributed by atoms with Crippen LogP contribution in [-0.2, 0) is 0 Å². The molecule has 1 aromatic carbocycles. The number of halogens is 1. The predicted octanol–water partition coefficient (Wildman–Crippen LogP) is 5.06. The van der Waals surface area contributed by atoms with Crippen LogP contribution in [0, 0.1) is 16.7 Å². The van der Waals surface area contributed by atoms with Crippen LogP contribution >= 0.6 is 15.9 Å². The third-order valence-electron chi connectivity index (χ3n) is 6.46. The second-order valence-corrected chi connectivity index (χ2v) is 8.55. The fourth-order valence-corrected chi connectivity index (χ4v) is 4.85. The van der Waals surface area contributed by atoms with Gasteiger partial charge in [-0.15, -0.1) is 0 Å². The molecule has 2 aliphatic carbocycles. The van der Waals surface area contributed by atoms with Crippen LogP contribution in [0.4, 0.5) is 0 Å². The molecule has 2 aliphatic rings. The summed E-state index contributed by atoms with van der Waals surface area (Å²) >= 11 is 3.64. The Morgan fingerprint density at radius 2 is 2.05 bits per heavy atom. The Morgan fingerprint density at radius 1 is 1.33 bits per heavy atom. The van der Waals surface area contributed by atoms with E-state index in [1.165, 1.54) is 19.3 Å². The predicted molar refractivity (Wildman–Crippen MR) is 90.4 cm³/mol. The van der Waals surface area contributed by atoms with Gasteiger partial charge in [0.1, 0.15) is 11.9 Å². The van der Waals surface area contributed by atoms with Gasteiger partial charge < -0.3 is 10.5 Å². The highest BCUT2D eigenvalue weighted by atomic mass is 79.9. The highest BCUT2D eigenvalue weighted by molar-refractivity contribution is 9.10. The lowest BCUT2D eigenvalue weighted by Gasteiger charge is -2.39. The van der Waals surface area contributed by atoms with Crippen molar-refractivity contribution in [2.75, 3.05) is 0 Å². The maximum atomic E-state index is 6.43. The highest BCUT2D eigenvalue weighted by Crippen LogP contribution is 2.66. The molecule has 0 spiro atoms.